The van der Waals surface area contributed by atoms with Crippen LogP contribution in [0.3, 0.4) is 0 Å². The smallest absolute Gasteiger partial charge is 0.268 e. The molecule has 0 amide bonds. The van der Waals surface area contributed by atoms with Crippen LogP contribution in [0.5, 0.6) is 0 Å². The number of pyridine rings is 1. The average molecular weight is 444 g/mol. The molecule has 1 aliphatic rings. The average Bonchev–Trinajstić information content (AvgIpc) is 2.77. The van der Waals surface area contributed by atoms with Crippen molar-refractivity contribution in [1.29, 1.82) is 0 Å². The number of hydrogen-bond donors (Lipinski definition) is 0. The Morgan fingerprint density at radius 3 is 2.66 bits per heavy atom. The van der Waals surface area contributed by atoms with Crippen LogP contribution in [0.2, 0.25) is 0 Å². The Hall–Kier alpha value is -2.96. The van der Waals surface area contributed by atoms with Crippen LogP contribution in [0, 0.1) is 6.92 Å². The zero-order chi connectivity index (χ0) is 22.3. The number of nitrogens with zero attached hydrogens (tertiary/aromatic N) is 3. The molecule has 0 radical (unpaired) electrons. The van der Waals surface area contributed by atoms with Gasteiger partial charge in [-0.2, -0.15) is 0 Å². The summed E-state index contributed by atoms with van der Waals surface area (Å²) in [7, 11) is 0. The molecule has 0 N–H and O–H groups in total. The lowest BCUT2D eigenvalue weighted by Crippen LogP contribution is -2.33. The van der Waals surface area contributed by atoms with E-state index in [4.69, 9.17) is 14.7 Å². The first-order chi connectivity index (χ1) is 15.4. The maximum Gasteiger partial charge on any atom is 0.268 e. The number of benzene rings is 2. The van der Waals surface area contributed by atoms with Crippen molar-refractivity contribution >= 4 is 22.8 Å². The number of aromatic nitrogens is 3. The van der Waals surface area contributed by atoms with Gasteiger partial charge in [0, 0.05) is 17.7 Å². The van der Waals surface area contributed by atoms with E-state index in [0.29, 0.717) is 29.2 Å². The van der Waals surface area contributed by atoms with Crippen molar-refractivity contribution in [2.24, 2.45) is 0 Å². The third-order valence-corrected chi connectivity index (χ3v) is 6.69. The minimum atomic E-state index is -0.269. The zero-order valence-corrected chi connectivity index (χ0v) is 19.3. The van der Waals surface area contributed by atoms with Gasteiger partial charge >= 0.3 is 0 Å². The first-order valence-electron chi connectivity index (χ1n) is 10.7. The third kappa shape index (κ3) is 4.08. The molecule has 0 saturated heterocycles. The Morgan fingerprint density at radius 1 is 1.06 bits per heavy atom. The molecule has 0 saturated carbocycles. The van der Waals surface area contributed by atoms with Gasteiger partial charge in [0.2, 0.25) is 0 Å². The Bertz CT molecular complexity index is 1360. The van der Waals surface area contributed by atoms with E-state index in [9.17, 15) is 4.79 Å². The first-order valence-corrected chi connectivity index (χ1v) is 11.7. The molecule has 4 aromatic rings. The Labute approximate surface area is 191 Å². The number of aryl methyl sites for hydroxylation is 1. The maximum atomic E-state index is 13.7. The fourth-order valence-electron chi connectivity index (χ4n) is 3.99. The molecule has 0 spiro atoms. The van der Waals surface area contributed by atoms with Gasteiger partial charge in [0.1, 0.15) is 0 Å². The van der Waals surface area contributed by atoms with Crippen LogP contribution in [0.4, 0.5) is 0 Å². The van der Waals surface area contributed by atoms with Crippen LogP contribution >= 0.6 is 11.8 Å². The van der Waals surface area contributed by atoms with Crippen LogP contribution in [0.15, 0.2) is 70.6 Å². The number of fused-ring (bicyclic) bond motifs is 2. The lowest BCUT2D eigenvalue weighted by Gasteiger charge is -2.31. The van der Waals surface area contributed by atoms with E-state index in [1.54, 1.807) is 16.3 Å². The second-order valence-electron chi connectivity index (χ2n) is 8.84. The van der Waals surface area contributed by atoms with Crippen molar-refractivity contribution < 1.29 is 4.74 Å². The van der Waals surface area contributed by atoms with Gasteiger partial charge in [0.05, 0.1) is 29.0 Å². The van der Waals surface area contributed by atoms with Gasteiger partial charge in [-0.3, -0.25) is 9.36 Å². The van der Waals surface area contributed by atoms with Crippen LogP contribution in [-0.4, -0.2) is 20.1 Å². The van der Waals surface area contributed by atoms with Crippen LogP contribution in [0.25, 0.3) is 16.7 Å². The maximum absolute atomic E-state index is 13.7. The third-order valence-electron chi connectivity index (χ3n) is 5.68. The molecule has 2 aromatic heterocycles. The molecule has 5 rings (SSSR count). The van der Waals surface area contributed by atoms with Gasteiger partial charge in [0.25, 0.3) is 5.56 Å². The summed E-state index contributed by atoms with van der Waals surface area (Å²) in [6, 6.07) is 20.1. The number of rotatable bonds is 4. The minimum Gasteiger partial charge on any atom is -0.370 e. The first kappa shape index (κ1) is 20.9. The van der Waals surface area contributed by atoms with Gasteiger partial charge in [-0.25, -0.2) is 9.97 Å². The molecule has 2 aromatic carbocycles. The Kier molecular flexibility index (Phi) is 5.35. The van der Waals surface area contributed by atoms with Gasteiger partial charge < -0.3 is 4.74 Å². The highest BCUT2D eigenvalue weighted by Gasteiger charge is 2.28. The van der Waals surface area contributed by atoms with Crippen molar-refractivity contribution in [1.82, 2.24) is 14.5 Å². The fraction of sp³-hybridized carbons (Fsp3) is 0.269. The van der Waals surface area contributed by atoms with Gasteiger partial charge in [-0.05, 0) is 50.1 Å². The monoisotopic (exact) mass is 443 g/mol. The van der Waals surface area contributed by atoms with E-state index in [2.05, 4.69) is 26.0 Å². The second kappa shape index (κ2) is 8.19. The fourth-order valence-corrected chi connectivity index (χ4v) is 4.95. The number of hydrogen-bond acceptors (Lipinski definition) is 5. The van der Waals surface area contributed by atoms with Crippen LogP contribution in [-0.2, 0) is 23.5 Å². The summed E-state index contributed by atoms with van der Waals surface area (Å²) < 4.78 is 7.66. The summed E-state index contributed by atoms with van der Waals surface area (Å²) in [6.45, 7) is 6.61. The molecule has 0 atom stereocenters. The van der Waals surface area contributed by atoms with E-state index in [-0.39, 0.29) is 11.2 Å². The highest BCUT2D eigenvalue weighted by atomic mass is 32.2. The molecule has 3 heterocycles. The summed E-state index contributed by atoms with van der Waals surface area (Å²) in [4.78, 5) is 23.4. The highest BCUT2D eigenvalue weighted by Crippen LogP contribution is 2.29. The molecule has 0 unspecified atom stereocenters. The number of thioether (sulfide) groups is 1. The predicted octanol–water partition coefficient (Wildman–Crippen LogP) is 5.23. The summed E-state index contributed by atoms with van der Waals surface area (Å²) >= 11 is 1.55. The molecular formula is C26H25N3O2S. The van der Waals surface area contributed by atoms with Crippen molar-refractivity contribution in [3.8, 4) is 5.69 Å². The molecule has 162 valence electrons. The molecule has 0 fully saturated rings. The SMILES string of the molecule is Cc1cccc(-n2c(SCc3ccccc3)nc3nc4c(cc3c2=O)COC(C)(C)C4)c1. The standard InChI is InChI=1S/C26H25N3O2S/c1-17-8-7-11-20(12-17)29-24(30)21-13-19-15-31-26(2,3)14-22(19)27-23(21)28-25(29)32-16-18-9-5-4-6-10-18/h4-13H,14-16H2,1-3H3. The largest absolute Gasteiger partial charge is 0.370 e. The van der Waals surface area contributed by atoms with E-state index < -0.39 is 0 Å². The Balaban J connectivity index is 1.68. The molecule has 1 aliphatic heterocycles. The molecule has 0 aliphatic carbocycles. The predicted molar refractivity (Wildman–Crippen MR) is 128 cm³/mol. The highest BCUT2D eigenvalue weighted by molar-refractivity contribution is 7.98. The zero-order valence-electron chi connectivity index (χ0n) is 18.5. The summed E-state index contributed by atoms with van der Waals surface area (Å²) in [6.07, 6.45) is 0.702. The molecule has 32 heavy (non-hydrogen) atoms. The van der Waals surface area contributed by atoms with Gasteiger partial charge in [-0.1, -0.05) is 54.2 Å². The van der Waals surface area contributed by atoms with Crippen molar-refractivity contribution in [3.05, 3.63) is 93.4 Å². The van der Waals surface area contributed by atoms with Gasteiger partial charge in [-0.15, -0.1) is 0 Å². The normalized spacial score (nSPS) is 15.0. The molecule has 5 nitrogen and oxygen atoms in total. The minimum absolute atomic E-state index is 0.101. The van der Waals surface area contributed by atoms with Crippen molar-refractivity contribution in [2.75, 3.05) is 0 Å². The Morgan fingerprint density at radius 2 is 1.88 bits per heavy atom. The molecular weight excluding hydrogens is 418 g/mol. The van der Waals surface area contributed by atoms with E-state index in [0.717, 1.165) is 28.3 Å². The molecule has 0 bridgehead atoms. The van der Waals surface area contributed by atoms with Crippen molar-refractivity contribution in [3.63, 3.8) is 0 Å². The van der Waals surface area contributed by atoms with Crippen LogP contribution < -0.4 is 5.56 Å². The van der Waals surface area contributed by atoms with Crippen molar-refractivity contribution in [2.45, 2.75) is 50.3 Å². The van der Waals surface area contributed by atoms with Gasteiger partial charge in [0.15, 0.2) is 10.8 Å². The van der Waals surface area contributed by atoms with E-state index in [1.807, 2.05) is 55.5 Å². The molecule has 6 heteroatoms. The summed E-state index contributed by atoms with van der Waals surface area (Å²) in [5.74, 6) is 0.719. The van der Waals surface area contributed by atoms with E-state index in [1.165, 1.54) is 5.56 Å². The topological polar surface area (TPSA) is 57.0 Å². The van der Waals surface area contributed by atoms with E-state index >= 15 is 0 Å². The lowest BCUT2D eigenvalue weighted by molar-refractivity contribution is -0.0411. The second-order valence-corrected chi connectivity index (χ2v) is 9.78. The summed E-state index contributed by atoms with van der Waals surface area (Å²) in [5, 5.41) is 1.17. The lowest BCUT2D eigenvalue weighted by atomic mass is 9.95. The quantitative estimate of drug-likeness (QED) is 0.319. The summed E-state index contributed by atoms with van der Waals surface area (Å²) in [5.41, 5.74) is 5.16. The number of ether oxygens (including phenoxy) is 1. The van der Waals surface area contributed by atoms with Crippen LogP contribution in [0.1, 0.15) is 36.2 Å².